The summed E-state index contributed by atoms with van der Waals surface area (Å²) in [6, 6.07) is 10.6. The van der Waals surface area contributed by atoms with Gasteiger partial charge in [-0.15, -0.1) is 0 Å². The van der Waals surface area contributed by atoms with Gasteiger partial charge in [0, 0.05) is 5.56 Å². The third-order valence-electron chi connectivity index (χ3n) is 4.15. The minimum absolute atomic E-state index is 0.0965. The number of ether oxygens (including phenoxy) is 5. The van der Waals surface area contributed by atoms with Crippen LogP contribution in [0, 0.1) is 0 Å². The zero-order valence-electron chi connectivity index (χ0n) is 14.6. The van der Waals surface area contributed by atoms with Crippen LogP contribution in [0.3, 0.4) is 0 Å². The molecule has 0 aliphatic carbocycles. The number of methoxy groups -OCH3 is 4. The molecule has 0 amide bonds. The van der Waals surface area contributed by atoms with E-state index in [4.69, 9.17) is 23.7 Å². The molecule has 0 spiro atoms. The molecule has 1 fully saturated rings. The highest BCUT2D eigenvalue weighted by Gasteiger charge is 2.46. The summed E-state index contributed by atoms with van der Waals surface area (Å²) >= 11 is 0. The van der Waals surface area contributed by atoms with Crippen LogP contribution in [-0.4, -0.2) is 40.3 Å². The van der Waals surface area contributed by atoms with Crippen molar-refractivity contribution in [3.8, 4) is 23.0 Å². The van der Waals surface area contributed by atoms with Gasteiger partial charge in [0.05, 0.1) is 28.4 Å². The van der Waals surface area contributed by atoms with Crippen LogP contribution in [-0.2, 0) is 4.74 Å². The zero-order valence-corrected chi connectivity index (χ0v) is 14.6. The number of hydrogen-bond donors (Lipinski definition) is 0. The van der Waals surface area contributed by atoms with Crippen molar-refractivity contribution in [3.05, 3.63) is 47.5 Å². The second-order valence-electron chi connectivity index (χ2n) is 5.53. The molecule has 1 aliphatic heterocycles. The third-order valence-corrected chi connectivity index (χ3v) is 4.15. The average Bonchev–Trinajstić information content (AvgIpc) is 3.46. The summed E-state index contributed by atoms with van der Waals surface area (Å²) < 4.78 is 26.6. The van der Waals surface area contributed by atoms with Crippen molar-refractivity contribution in [1.82, 2.24) is 0 Å². The minimum atomic E-state index is -0.517. The normalized spacial score (nSPS) is 18.4. The molecule has 6 heteroatoms. The number of carbonyl (C=O) groups is 1. The van der Waals surface area contributed by atoms with E-state index < -0.39 is 6.10 Å². The largest absolute Gasteiger partial charge is 0.493 e. The van der Waals surface area contributed by atoms with Crippen LogP contribution in [0.15, 0.2) is 36.4 Å². The summed E-state index contributed by atoms with van der Waals surface area (Å²) in [7, 11) is 6.23. The molecule has 132 valence electrons. The number of rotatable bonds is 7. The molecule has 0 radical (unpaired) electrons. The van der Waals surface area contributed by atoms with Crippen LogP contribution >= 0.6 is 0 Å². The fourth-order valence-corrected chi connectivity index (χ4v) is 2.75. The maximum Gasteiger partial charge on any atom is 0.194 e. The number of hydrogen-bond acceptors (Lipinski definition) is 6. The first-order valence-electron chi connectivity index (χ1n) is 7.76. The Kier molecular flexibility index (Phi) is 4.81. The van der Waals surface area contributed by atoms with Crippen molar-refractivity contribution >= 4 is 5.78 Å². The van der Waals surface area contributed by atoms with Crippen LogP contribution < -0.4 is 18.9 Å². The molecule has 0 unspecified atom stereocenters. The maximum absolute atomic E-state index is 12.7. The molecule has 1 saturated heterocycles. The molecular weight excluding hydrogens is 324 g/mol. The predicted octanol–water partition coefficient (Wildman–Crippen LogP) is 3.04. The second kappa shape index (κ2) is 7.03. The van der Waals surface area contributed by atoms with Gasteiger partial charge in [0.1, 0.15) is 6.10 Å². The summed E-state index contributed by atoms with van der Waals surface area (Å²) in [6.07, 6.45) is -0.809. The number of benzene rings is 2. The summed E-state index contributed by atoms with van der Waals surface area (Å²) in [6.45, 7) is 0. The highest BCUT2D eigenvalue weighted by molar-refractivity contribution is 6.02. The Bertz CT molecular complexity index is 785. The van der Waals surface area contributed by atoms with Crippen LogP contribution in [0.4, 0.5) is 0 Å². The smallest absolute Gasteiger partial charge is 0.194 e. The standard InChI is InChI=1S/C19H20O6/c1-21-13-7-5-11(9-15(13)23-3)17(20)19-18(25-19)12-6-8-14(22-2)16(10-12)24-4/h5-10,18-19H,1-4H3/t18-,19-/m0/s1. The van der Waals surface area contributed by atoms with Crippen molar-refractivity contribution in [2.24, 2.45) is 0 Å². The fourth-order valence-electron chi connectivity index (χ4n) is 2.75. The van der Waals surface area contributed by atoms with Crippen molar-refractivity contribution in [2.45, 2.75) is 12.2 Å². The Morgan fingerprint density at radius 3 is 1.96 bits per heavy atom. The van der Waals surface area contributed by atoms with E-state index in [9.17, 15) is 4.79 Å². The van der Waals surface area contributed by atoms with Gasteiger partial charge in [-0.2, -0.15) is 0 Å². The van der Waals surface area contributed by atoms with Gasteiger partial charge in [0.2, 0.25) is 0 Å². The molecule has 2 aromatic carbocycles. The van der Waals surface area contributed by atoms with Crippen molar-refractivity contribution in [1.29, 1.82) is 0 Å². The van der Waals surface area contributed by atoms with Gasteiger partial charge >= 0.3 is 0 Å². The first kappa shape index (κ1) is 17.1. The SMILES string of the molecule is COc1ccc(C(=O)[C@@H]2O[C@H]2c2ccc(OC)c(OC)c2)cc1OC. The van der Waals surface area contributed by atoms with E-state index >= 15 is 0 Å². The van der Waals surface area contributed by atoms with Crippen molar-refractivity contribution < 1.29 is 28.5 Å². The highest BCUT2D eigenvalue weighted by Crippen LogP contribution is 2.43. The Labute approximate surface area is 146 Å². The van der Waals surface area contributed by atoms with Gasteiger partial charge in [-0.05, 0) is 35.9 Å². The van der Waals surface area contributed by atoms with Crippen LogP contribution in [0.25, 0.3) is 0 Å². The molecule has 0 bridgehead atoms. The van der Waals surface area contributed by atoms with Gasteiger partial charge in [-0.1, -0.05) is 6.07 Å². The first-order chi connectivity index (χ1) is 12.1. The number of Topliss-reactive ketones (excluding diaryl/α,β-unsaturated/α-hetero) is 1. The van der Waals surface area contributed by atoms with E-state index in [1.807, 2.05) is 12.1 Å². The van der Waals surface area contributed by atoms with Crippen LogP contribution in [0.2, 0.25) is 0 Å². The molecule has 6 nitrogen and oxygen atoms in total. The molecule has 0 aromatic heterocycles. The summed E-state index contributed by atoms with van der Waals surface area (Å²) in [5, 5.41) is 0. The molecule has 1 aliphatic rings. The second-order valence-corrected chi connectivity index (χ2v) is 5.53. The van der Waals surface area contributed by atoms with Crippen molar-refractivity contribution in [2.75, 3.05) is 28.4 Å². The lowest BCUT2D eigenvalue weighted by Crippen LogP contribution is -2.08. The van der Waals surface area contributed by atoms with Crippen LogP contribution in [0.5, 0.6) is 23.0 Å². The lowest BCUT2D eigenvalue weighted by Gasteiger charge is -2.09. The third kappa shape index (κ3) is 3.25. The highest BCUT2D eigenvalue weighted by atomic mass is 16.6. The average molecular weight is 344 g/mol. The molecule has 0 saturated carbocycles. The summed E-state index contributed by atoms with van der Waals surface area (Å²) in [5.41, 5.74) is 1.39. The van der Waals surface area contributed by atoms with Gasteiger partial charge < -0.3 is 23.7 Å². The van der Waals surface area contributed by atoms with E-state index in [0.29, 0.717) is 28.6 Å². The fraction of sp³-hybridized carbons (Fsp3) is 0.316. The van der Waals surface area contributed by atoms with E-state index in [-0.39, 0.29) is 11.9 Å². The quantitative estimate of drug-likeness (QED) is 0.568. The Balaban J connectivity index is 1.78. The lowest BCUT2D eigenvalue weighted by atomic mass is 10.0. The molecule has 3 rings (SSSR count). The Hall–Kier alpha value is -2.73. The molecule has 0 N–H and O–H groups in total. The van der Waals surface area contributed by atoms with Crippen molar-refractivity contribution in [3.63, 3.8) is 0 Å². The Morgan fingerprint density at radius 2 is 1.36 bits per heavy atom. The monoisotopic (exact) mass is 344 g/mol. The van der Waals surface area contributed by atoms with E-state index in [2.05, 4.69) is 0 Å². The van der Waals surface area contributed by atoms with E-state index in [1.165, 1.54) is 7.11 Å². The number of carbonyl (C=O) groups excluding carboxylic acids is 1. The molecular formula is C19H20O6. The summed E-state index contributed by atoms with van der Waals surface area (Å²) in [4.78, 5) is 12.7. The van der Waals surface area contributed by atoms with Crippen LogP contribution in [0.1, 0.15) is 22.0 Å². The minimum Gasteiger partial charge on any atom is -0.493 e. The van der Waals surface area contributed by atoms with Gasteiger partial charge in [0.15, 0.2) is 34.9 Å². The molecule has 2 aromatic rings. The lowest BCUT2D eigenvalue weighted by molar-refractivity contribution is 0.0953. The predicted molar refractivity (Wildman–Crippen MR) is 91.0 cm³/mol. The topological polar surface area (TPSA) is 66.5 Å². The molecule has 1 heterocycles. The molecule has 2 atom stereocenters. The van der Waals surface area contributed by atoms with E-state index in [0.717, 1.165) is 5.56 Å². The zero-order chi connectivity index (χ0) is 18.0. The van der Waals surface area contributed by atoms with Gasteiger partial charge in [0.25, 0.3) is 0 Å². The maximum atomic E-state index is 12.7. The number of ketones is 1. The number of epoxide rings is 1. The molecule has 25 heavy (non-hydrogen) atoms. The van der Waals surface area contributed by atoms with Gasteiger partial charge in [-0.3, -0.25) is 4.79 Å². The summed E-state index contributed by atoms with van der Waals surface area (Å²) in [5.74, 6) is 2.23. The van der Waals surface area contributed by atoms with E-state index in [1.54, 1.807) is 45.6 Å². The van der Waals surface area contributed by atoms with Gasteiger partial charge in [-0.25, -0.2) is 0 Å². The first-order valence-corrected chi connectivity index (χ1v) is 7.76. The Morgan fingerprint density at radius 1 is 0.800 bits per heavy atom.